The lowest BCUT2D eigenvalue weighted by Gasteiger charge is -2.37. The number of halogens is 4. The molecule has 0 saturated carbocycles. The van der Waals surface area contributed by atoms with Gasteiger partial charge in [-0.2, -0.15) is 18.3 Å². The molecule has 1 amide bonds. The van der Waals surface area contributed by atoms with Crippen molar-refractivity contribution in [3.63, 3.8) is 0 Å². The third kappa shape index (κ3) is 4.82. The molecular weight excluding hydrogens is 523 g/mol. The number of piperazine rings is 1. The summed E-state index contributed by atoms with van der Waals surface area (Å²) in [6, 6.07) is 9.84. The van der Waals surface area contributed by atoms with Gasteiger partial charge in [-0.15, -0.1) is 0 Å². The van der Waals surface area contributed by atoms with E-state index < -0.39 is 18.3 Å². The Kier molecular flexibility index (Phi) is 7.04. The van der Waals surface area contributed by atoms with Gasteiger partial charge >= 0.3 is 6.18 Å². The van der Waals surface area contributed by atoms with Crippen LogP contribution in [-0.4, -0.2) is 67.2 Å². The molecule has 5 rings (SSSR count). The first-order chi connectivity index (χ1) is 18.2. The van der Waals surface area contributed by atoms with Crippen molar-refractivity contribution in [3.8, 4) is 11.5 Å². The molecule has 1 aromatic heterocycles. The number of rotatable bonds is 5. The highest BCUT2D eigenvalue weighted by Crippen LogP contribution is 2.45. The van der Waals surface area contributed by atoms with E-state index in [9.17, 15) is 18.0 Å². The molecule has 8 nitrogen and oxygen atoms in total. The molecular formula is C26H27ClF3N5O3. The van der Waals surface area contributed by atoms with Crippen LogP contribution in [0.4, 0.5) is 24.7 Å². The minimum Gasteiger partial charge on any atom is -0.493 e. The van der Waals surface area contributed by atoms with Crippen LogP contribution in [0.1, 0.15) is 34.4 Å². The highest BCUT2D eigenvalue weighted by atomic mass is 35.5. The molecule has 0 bridgehead atoms. The van der Waals surface area contributed by atoms with Crippen molar-refractivity contribution in [2.75, 3.05) is 50.6 Å². The number of methoxy groups -OCH3 is 2. The molecule has 0 radical (unpaired) electrons. The van der Waals surface area contributed by atoms with Crippen molar-refractivity contribution >= 4 is 29.0 Å². The molecule has 3 aromatic rings. The van der Waals surface area contributed by atoms with E-state index in [0.717, 1.165) is 10.4 Å². The Bertz CT molecular complexity index is 1320. The first-order valence-electron chi connectivity index (χ1n) is 12.1. The number of carbonyl (C=O) groups excluding carboxylic acids is 1. The monoisotopic (exact) mass is 549 g/mol. The third-order valence-corrected chi connectivity index (χ3v) is 7.36. The second-order valence-corrected chi connectivity index (χ2v) is 9.59. The van der Waals surface area contributed by atoms with Crippen molar-refractivity contribution < 1.29 is 27.4 Å². The molecule has 2 aromatic carbocycles. The van der Waals surface area contributed by atoms with Crippen LogP contribution in [0, 0.1) is 0 Å². The number of para-hydroxylation sites is 1. The highest BCUT2D eigenvalue weighted by molar-refractivity contribution is 6.33. The Morgan fingerprint density at radius 1 is 1.05 bits per heavy atom. The lowest BCUT2D eigenvalue weighted by Crippen LogP contribution is -2.49. The van der Waals surface area contributed by atoms with E-state index >= 15 is 0 Å². The largest absolute Gasteiger partial charge is 0.493 e. The third-order valence-electron chi connectivity index (χ3n) is 7.04. The number of amides is 1. The van der Waals surface area contributed by atoms with Crippen LogP contribution in [0.25, 0.3) is 0 Å². The second kappa shape index (κ2) is 10.3. The van der Waals surface area contributed by atoms with E-state index in [1.165, 1.54) is 20.4 Å². The maximum absolute atomic E-state index is 14.1. The SMILES string of the molecule is COc1ccc([C@@H]2C[C@@H](C(F)(F)F)n3ncc(C(=O)N4CCN(c5ccccc5Cl)CC4)c3N2)cc1OC. The number of ether oxygens (including phenoxy) is 2. The Hall–Kier alpha value is -3.60. The molecule has 1 N–H and O–H groups in total. The average molecular weight is 550 g/mol. The molecule has 1 saturated heterocycles. The topological polar surface area (TPSA) is 71.9 Å². The Labute approximate surface area is 222 Å². The van der Waals surface area contributed by atoms with Crippen LogP contribution >= 0.6 is 11.6 Å². The first kappa shape index (κ1) is 26.0. The summed E-state index contributed by atoms with van der Waals surface area (Å²) in [7, 11) is 2.95. The molecule has 38 heavy (non-hydrogen) atoms. The molecule has 2 aliphatic heterocycles. The van der Waals surface area contributed by atoms with Gasteiger partial charge in [0, 0.05) is 32.6 Å². The number of hydrogen-bond donors (Lipinski definition) is 1. The van der Waals surface area contributed by atoms with Gasteiger partial charge in [0.2, 0.25) is 0 Å². The maximum Gasteiger partial charge on any atom is 0.410 e. The summed E-state index contributed by atoms with van der Waals surface area (Å²) in [6.45, 7) is 1.89. The van der Waals surface area contributed by atoms with Crippen molar-refractivity contribution in [1.82, 2.24) is 14.7 Å². The zero-order valence-corrected chi connectivity index (χ0v) is 21.6. The van der Waals surface area contributed by atoms with Gasteiger partial charge in [0.15, 0.2) is 17.5 Å². The minimum atomic E-state index is -4.56. The van der Waals surface area contributed by atoms with E-state index in [4.69, 9.17) is 21.1 Å². The predicted octanol–water partition coefficient (Wildman–Crippen LogP) is 5.18. The van der Waals surface area contributed by atoms with Crippen LogP contribution in [-0.2, 0) is 0 Å². The first-order valence-corrected chi connectivity index (χ1v) is 12.5. The van der Waals surface area contributed by atoms with Crippen molar-refractivity contribution in [2.45, 2.75) is 24.7 Å². The van der Waals surface area contributed by atoms with Crippen molar-refractivity contribution in [1.29, 1.82) is 0 Å². The van der Waals surface area contributed by atoms with Crippen LogP contribution in [0.3, 0.4) is 0 Å². The molecule has 1 fully saturated rings. The summed E-state index contributed by atoms with van der Waals surface area (Å²) in [5.74, 6) is 0.557. The van der Waals surface area contributed by atoms with E-state index in [1.807, 2.05) is 24.3 Å². The predicted molar refractivity (Wildman–Crippen MR) is 137 cm³/mol. The van der Waals surface area contributed by atoms with Crippen LogP contribution in [0.5, 0.6) is 11.5 Å². The van der Waals surface area contributed by atoms with E-state index in [2.05, 4.69) is 15.3 Å². The average Bonchev–Trinajstić information content (AvgIpc) is 3.35. The molecule has 0 aliphatic carbocycles. The van der Waals surface area contributed by atoms with Crippen molar-refractivity contribution in [2.24, 2.45) is 0 Å². The maximum atomic E-state index is 14.1. The number of alkyl halides is 3. The van der Waals surface area contributed by atoms with E-state index in [-0.39, 0.29) is 23.7 Å². The molecule has 3 heterocycles. The number of anilines is 2. The number of aromatic nitrogens is 2. The Morgan fingerprint density at radius 2 is 1.76 bits per heavy atom. The molecule has 12 heteroatoms. The summed E-state index contributed by atoms with van der Waals surface area (Å²) >= 11 is 6.32. The number of fused-ring (bicyclic) bond motifs is 1. The van der Waals surface area contributed by atoms with Crippen LogP contribution in [0.2, 0.25) is 5.02 Å². The number of carbonyl (C=O) groups is 1. The number of benzene rings is 2. The van der Waals surface area contributed by atoms with Gasteiger partial charge in [-0.1, -0.05) is 29.8 Å². The van der Waals surface area contributed by atoms with Gasteiger partial charge in [0.05, 0.1) is 37.2 Å². The quantitative estimate of drug-likeness (QED) is 0.473. The number of nitrogens with one attached hydrogen (secondary N) is 1. The highest BCUT2D eigenvalue weighted by Gasteiger charge is 2.47. The lowest BCUT2D eigenvalue weighted by molar-refractivity contribution is -0.173. The fourth-order valence-electron chi connectivity index (χ4n) is 5.04. The van der Waals surface area contributed by atoms with Crippen LogP contribution in [0.15, 0.2) is 48.7 Å². The van der Waals surface area contributed by atoms with Gasteiger partial charge in [-0.3, -0.25) is 4.79 Å². The number of hydrogen-bond acceptors (Lipinski definition) is 6. The van der Waals surface area contributed by atoms with Crippen molar-refractivity contribution in [3.05, 3.63) is 64.8 Å². The summed E-state index contributed by atoms with van der Waals surface area (Å²) in [5.41, 5.74) is 1.57. The molecule has 2 aliphatic rings. The summed E-state index contributed by atoms with van der Waals surface area (Å²) in [5, 5.41) is 7.77. The normalized spacial score (nSPS) is 19.5. The fourth-order valence-corrected chi connectivity index (χ4v) is 5.29. The molecule has 2 atom stereocenters. The standard InChI is InChI=1S/C26H27ClF3N5O3/c1-37-21-8-7-16(13-22(21)38-2)19-14-23(26(28,29)30)35-24(32-19)17(15-31-35)25(36)34-11-9-33(10-12-34)20-6-4-3-5-18(20)27/h3-8,13,15,19,23,32H,9-12,14H2,1-2H3/t19-,23-/m0/s1. The van der Waals surface area contributed by atoms with Gasteiger partial charge < -0.3 is 24.6 Å². The van der Waals surface area contributed by atoms with Gasteiger partial charge in [-0.25, -0.2) is 4.68 Å². The Balaban J connectivity index is 1.40. The minimum absolute atomic E-state index is 0.0527. The van der Waals surface area contributed by atoms with E-state index in [0.29, 0.717) is 48.3 Å². The second-order valence-electron chi connectivity index (χ2n) is 9.19. The summed E-state index contributed by atoms with van der Waals surface area (Å²) in [6.07, 6.45) is -3.63. The molecule has 0 spiro atoms. The summed E-state index contributed by atoms with van der Waals surface area (Å²) in [4.78, 5) is 17.2. The Morgan fingerprint density at radius 3 is 2.42 bits per heavy atom. The zero-order chi connectivity index (χ0) is 27.0. The molecule has 0 unspecified atom stereocenters. The zero-order valence-electron chi connectivity index (χ0n) is 20.8. The van der Waals surface area contributed by atoms with Gasteiger partial charge in [0.1, 0.15) is 11.4 Å². The van der Waals surface area contributed by atoms with Gasteiger partial charge in [-0.05, 0) is 29.8 Å². The number of nitrogens with zero attached hydrogens (tertiary/aromatic N) is 4. The van der Waals surface area contributed by atoms with E-state index in [1.54, 1.807) is 23.1 Å². The van der Waals surface area contributed by atoms with Crippen LogP contribution < -0.4 is 19.7 Å². The summed E-state index contributed by atoms with van der Waals surface area (Å²) < 4.78 is 53.9. The van der Waals surface area contributed by atoms with Gasteiger partial charge in [0.25, 0.3) is 5.91 Å². The smallest absolute Gasteiger partial charge is 0.410 e. The fraction of sp³-hybridized carbons (Fsp3) is 0.385. The lowest BCUT2D eigenvalue weighted by atomic mass is 9.96. The molecule has 202 valence electrons.